The lowest BCUT2D eigenvalue weighted by molar-refractivity contribution is -0.119. The summed E-state index contributed by atoms with van der Waals surface area (Å²) in [6.07, 6.45) is 0. The lowest BCUT2D eigenvalue weighted by atomic mass is 10.1. The van der Waals surface area contributed by atoms with Crippen molar-refractivity contribution >= 4 is 27.6 Å². The second-order valence-electron chi connectivity index (χ2n) is 7.44. The number of hydrogen-bond donors (Lipinski definition) is 3. The van der Waals surface area contributed by atoms with Crippen molar-refractivity contribution in [3.63, 3.8) is 0 Å². The summed E-state index contributed by atoms with van der Waals surface area (Å²) >= 11 is 0. The Hall–Kier alpha value is -3.69. The number of aromatic carboxylic acids is 1. The van der Waals surface area contributed by atoms with Crippen LogP contribution in [-0.4, -0.2) is 37.1 Å². The lowest BCUT2D eigenvalue weighted by Gasteiger charge is -2.24. The zero-order chi connectivity index (χ0) is 24.0. The van der Waals surface area contributed by atoms with Gasteiger partial charge in [-0.15, -0.1) is 0 Å². The smallest absolute Gasteiger partial charge is 0.335 e. The number of aliphatic hydroxyl groups excluding tert-OH is 1. The van der Waals surface area contributed by atoms with E-state index < -0.39 is 28.4 Å². The van der Waals surface area contributed by atoms with E-state index in [2.05, 4.69) is 5.32 Å². The van der Waals surface area contributed by atoms with E-state index in [4.69, 9.17) is 5.11 Å². The number of nitrogens with one attached hydrogen (secondary N) is 1. The molecule has 33 heavy (non-hydrogen) atoms. The third kappa shape index (κ3) is 5.97. The average molecular weight is 469 g/mol. The van der Waals surface area contributed by atoms with Gasteiger partial charge >= 0.3 is 5.97 Å². The molecule has 0 bridgehead atoms. The Labute approximate surface area is 192 Å². The molecular weight excluding hydrogens is 444 g/mol. The monoisotopic (exact) mass is 468 g/mol. The largest absolute Gasteiger partial charge is 0.478 e. The van der Waals surface area contributed by atoms with Gasteiger partial charge in [0.15, 0.2) is 0 Å². The first-order valence-corrected chi connectivity index (χ1v) is 11.5. The number of aliphatic hydroxyl groups is 1. The van der Waals surface area contributed by atoms with Gasteiger partial charge in [-0.2, -0.15) is 0 Å². The number of carbonyl (C=O) groups excluding carboxylic acids is 1. The van der Waals surface area contributed by atoms with Gasteiger partial charge < -0.3 is 15.5 Å². The molecule has 0 atom stereocenters. The lowest BCUT2D eigenvalue weighted by Crippen LogP contribution is -2.40. The molecule has 3 aromatic carbocycles. The number of rotatable bonds is 9. The summed E-state index contributed by atoms with van der Waals surface area (Å²) in [7, 11) is -4.08. The van der Waals surface area contributed by atoms with E-state index >= 15 is 0 Å². The van der Waals surface area contributed by atoms with Crippen LogP contribution in [0.25, 0.3) is 0 Å². The van der Waals surface area contributed by atoms with Crippen LogP contribution in [-0.2, 0) is 28.0 Å². The molecule has 8 nitrogen and oxygen atoms in total. The van der Waals surface area contributed by atoms with Gasteiger partial charge in [-0.25, -0.2) is 13.2 Å². The van der Waals surface area contributed by atoms with Crippen molar-refractivity contribution in [1.29, 1.82) is 0 Å². The van der Waals surface area contributed by atoms with Crippen LogP contribution in [0.15, 0.2) is 77.7 Å². The van der Waals surface area contributed by atoms with Crippen LogP contribution in [0.5, 0.6) is 0 Å². The quantitative estimate of drug-likeness (QED) is 0.444. The minimum Gasteiger partial charge on any atom is -0.478 e. The van der Waals surface area contributed by atoms with E-state index in [0.717, 1.165) is 9.87 Å². The first-order valence-electron chi connectivity index (χ1n) is 10.1. The van der Waals surface area contributed by atoms with Crippen molar-refractivity contribution in [2.75, 3.05) is 10.8 Å². The fourth-order valence-electron chi connectivity index (χ4n) is 3.16. The van der Waals surface area contributed by atoms with Crippen LogP contribution in [0.1, 0.15) is 27.0 Å². The number of hydrogen-bond acceptors (Lipinski definition) is 5. The first kappa shape index (κ1) is 24.0. The van der Waals surface area contributed by atoms with Gasteiger partial charge in [0.1, 0.15) is 6.54 Å². The molecule has 172 valence electrons. The Morgan fingerprint density at radius 3 is 2.27 bits per heavy atom. The van der Waals surface area contributed by atoms with Gasteiger partial charge in [0.2, 0.25) is 5.91 Å². The number of nitrogens with zero attached hydrogens (tertiary/aromatic N) is 1. The van der Waals surface area contributed by atoms with Crippen molar-refractivity contribution < 1.29 is 28.2 Å². The number of aryl methyl sites for hydroxylation is 1. The maximum absolute atomic E-state index is 13.4. The number of sulfonamides is 1. The molecule has 0 spiro atoms. The zero-order valence-electron chi connectivity index (χ0n) is 17.9. The van der Waals surface area contributed by atoms with Gasteiger partial charge in [-0.3, -0.25) is 9.10 Å². The Morgan fingerprint density at radius 2 is 1.61 bits per heavy atom. The summed E-state index contributed by atoms with van der Waals surface area (Å²) in [5.74, 6) is -1.65. The molecule has 0 fully saturated rings. The molecule has 9 heteroatoms. The molecule has 0 aromatic heterocycles. The molecule has 0 unspecified atom stereocenters. The van der Waals surface area contributed by atoms with Gasteiger partial charge in [0.05, 0.1) is 22.8 Å². The molecule has 0 heterocycles. The summed E-state index contributed by atoms with van der Waals surface area (Å²) < 4.78 is 27.8. The summed E-state index contributed by atoms with van der Waals surface area (Å²) in [4.78, 5) is 23.9. The third-order valence-electron chi connectivity index (χ3n) is 4.94. The van der Waals surface area contributed by atoms with Crippen molar-refractivity contribution in [2.45, 2.75) is 25.0 Å². The standard InChI is InChI=1S/C24H24N2O6S/c1-17-8-10-22(11-9-17)33(31,32)26(21-7-3-5-19(13-21)16-27)15-23(28)25-14-18-4-2-6-20(12-18)24(29)30/h2-13,27H,14-16H2,1H3,(H,25,28)(H,29,30). The second-order valence-corrected chi connectivity index (χ2v) is 9.30. The van der Waals surface area contributed by atoms with E-state index in [9.17, 15) is 23.1 Å². The van der Waals surface area contributed by atoms with Crippen LogP contribution in [0.3, 0.4) is 0 Å². The fraction of sp³-hybridized carbons (Fsp3) is 0.167. The van der Waals surface area contributed by atoms with Crippen LogP contribution < -0.4 is 9.62 Å². The Bertz CT molecular complexity index is 1260. The van der Waals surface area contributed by atoms with E-state index in [-0.39, 0.29) is 29.3 Å². The molecule has 0 saturated heterocycles. The summed E-state index contributed by atoms with van der Waals surface area (Å²) in [6, 6.07) is 18.7. The molecular formula is C24H24N2O6S. The van der Waals surface area contributed by atoms with Crippen molar-refractivity contribution in [3.05, 3.63) is 95.1 Å². The highest BCUT2D eigenvalue weighted by Crippen LogP contribution is 2.25. The number of carboxylic acids is 1. The van der Waals surface area contributed by atoms with Crippen LogP contribution in [0, 0.1) is 6.92 Å². The van der Waals surface area contributed by atoms with E-state index in [1.165, 1.54) is 30.3 Å². The summed E-state index contributed by atoms with van der Waals surface area (Å²) in [5, 5.41) is 21.2. The molecule has 0 saturated carbocycles. The highest BCUT2D eigenvalue weighted by atomic mass is 32.2. The van der Waals surface area contributed by atoms with Gasteiger partial charge in [-0.1, -0.05) is 42.0 Å². The molecule has 1 amide bonds. The Balaban J connectivity index is 1.86. The van der Waals surface area contributed by atoms with E-state index in [0.29, 0.717) is 11.1 Å². The van der Waals surface area contributed by atoms with Crippen molar-refractivity contribution in [3.8, 4) is 0 Å². The zero-order valence-corrected chi connectivity index (χ0v) is 18.7. The topological polar surface area (TPSA) is 124 Å². The predicted molar refractivity (Wildman–Crippen MR) is 123 cm³/mol. The SMILES string of the molecule is Cc1ccc(S(=O)(=O)N(CC(=O)NCc2cccc(C(=O)O)c2)c2cccc(CO)c2)cc1. The number of anilines is 1. The van der Waals surface area contributed by atoms with Crippen molar-refractivity contribution in [2.24, 2.45) is 0 Å². The molecule has 0 aliphatic carbocycles. The van der Waals surface area contributed by atoms with Crippen molar-refractivity contribution in [1.82, 2.24) is 5.32 Å². The molecule has 3 rings (SSSR count). The third-order valence-corrected chi connectivity index (χ3v) is 6.73. The molecule has 0 aliphatic heterocycles. The Kier molecular flexibility index (Phi) is 7.47. The van der Waals surface area contributed by atoms with Gasteiger partial charge in [-0.05, 0) is 54.4 Å². The van der Waals surface area contributed by atoms with Crippen LogP contribution in [0.4, 0.5) is 5.69 Å². The number of amides is 1. The van der Waals surface area contributed by atoms with Crippen LogP contribution >= 0.6 is 0 Å². The fourth-order valence-corrected chi connectivity index (χ4v) is 4.58. The number of carboxylic acid groups (broad SMARTS) is 1. The highest BCUT2D eigenvalue weighted by molar-refractivity contribution is 7.92. The van der Waals surface area contributed by atoms with E-state index in [1.54, 1.807) is 42.5 Å². The van der Waals surface area contributed by atoms with E-state index in [1.807, 2.05) is 6.92 Å². The maximum Gasteiger partial charge on any atom is 0.335 e. The summed E-state index contributed by atoms with van der Waals surface area (Å²) in [6.45, 7) is 1.10. The second kappa shape index (κ2) is 10.3. The molecule has 3 N–H and O–H groups in total. The van der Waals surface area contributed by atoms with Gasteiger partial charge in [0, 0.05) is 6.54 Å². The molecule has 0 radical (unpaired) electrons. The highest BCUT2D eigenvalue weighted by Gasteiger charge is 2.27. The minimum absolute atomic E-state index is 0.0319. The average Bonchev–Trinajstić information content (AvgIpc) is 2.81. The summed E-state index contributed by atoms with van der Waals surface area (Å²) in [5.41, 5.74) is 2.29. The van der Waals surface area contributed by atoms with Gasteiger partial charge in [0.25, 0.3) is 10.0 Å². The molecule has 0 aliphatic rings. The first-order chi connectivity index (χ1) is 15.7. The number of benzene rings is 3. The molecule has 3 aromatic rings. The normalized spacial score (nSPS) is 11.1. The number of carbonyl (C=O) groups is 2. The minimum atomic E-state index is -4.08. The predicted octanol–water partition coefficient (Wildman–Crippen LogP) is 2.70. The Morgan fingerprint density at radius 1 is 0.939 bits per heavy atom. The maximum atomic E-state index is 13.4. The van der Waals surface area contributed by atoms with Crippen LogP contribution in [0.2, 0.25) is 0 Å².